The van der Waals surface area contributed by atoms with Gasteiger partial charge in [0.15, 0.2) is 0 Å². The largest absolute Gasteiger partial charge is 0.456 e. The molecule has 0 atom stereocenters. The summed E-state index contributed by atoms with van der Waals surface area (Å²) >= 11 is 0. The molecule has 1 nitrogen and oxygen atoms in total. The molecule has 210 valence electrons. The van der Waals surface area contributed by atoms with Crippen molar-refractivity contribution in [2.75, 3.05) is 0 Å². The lowest BCUT2D eigenvalue weighted by Crippen LogP contribution is -1.92. The topological polar surface area (TPSA) is 13.1 Å². The van der Waals surface area contributed by atoms with E-state index in [1.807, 2.05) is 0 Å². The minimum absolute atomic E-state index is 0.599. The average Bonchev–Trinajstić information content (AvgIpc) is 3.75. The first-order valence-electron chi connectivity index (χ1n) is 27.2. The summed E-state index contributed by atoms with van der Waals surface area (Å²) in [7, 11) is 0. The van der Waals surface area contributed by atoms with Gasteiger partial charge in [0.05, 0.1) is 38.4 Å². The lowest BCUT2D eigenvalue weighted by atomic mass is 9.84. The Morgan fingerprint density at radius 3 is 1.40 bits per heavy atom. The van der Waals surface area contributed by atoms with Crippen molar-refractivity contribution in [1.29, 1.82) is 0 Å². The van der Waals surface area contributed by atoms with E-state index < -0.39 is 257 Å². The molecule has 0 saturated carbocycles. The van der Waals surface area contributed by atoms with E-state index in [1.165, 1.54) is 0 Å². The van der Waals surface area contributed by atoms with Crippen LogP contribution >= 0.6 is 0 Å². The number of hydrogen-bond donors (Lipinski definition) is 0. The molecule has 0 bridgehead atoms. The summed E-state index contributed by atoms with van der Waals surface area (Å²) in [5.74, 6) is 0. The number of hydrogen-bond acceptors (Lipinski definition) is 1. The van der Waals surface area contributed by atoms with Crippen LogP contribution in [0.5, 0.6) is 0 Å². The quantitative estimate of drug-likeness (QED) is 0.183. The summed E-state index contributed by atoms with van der Waals surface area (Å²) in [5.41, 5.74) is -7.75. The first-order valence-corrected chi connectivity index (χ1v) is 13.2. The molecule has 8 aromatic carbocycles. The van der Waals surface area contributed by atoms with Crippen LogP contribution in [0.25, 0.3) is 88.0 Å². The molecule has 0 aliphatic carbocycles. The van der Waals surface area contributed by atoms with Crippen molar-refractivity contribution >= 4 is 43.5 Å². The third kappa shape index (κ3) is 4.09. The van der Waals surface area contributed by atoms with Crippen LogP contribution in [0.15, 0.2) is 174 Å². The molecule has 9 aromatic rings. The predicted octanol–water partition coefficient (Wildman–Crippen LogP) is 12.6. The Hall–Kier alpha value is -5.92. The molecule has 0 radical (unpaired) electrons. The maximum Gasteiger partial charge on any atom is 0.136 e. The smallest absolute Gasteiger partial charge is 0.136 e. The molecule has 0 unspecified atom stereocenters. The number of benzene rings is 8. The summed E-state index contributed by atoms with van der Waals surface area (Å²) < 4.78 is 256. The van der Waals surface area contributed by atoms with Gasteiger partial charge < -0.3 is 4.42 Å². The summed E-state index contributed by atoms with van der Waals surface area (Å²) in [5, 5.41) is -4.40. The Bertz CT molecular complexity index is 3980. The van der Waals surface area contributed by atoms with Gasteiger partial charge in [-0.05, 0) is 84.2 Å². The highest BCUT2D eigenvalue weighted by atomic mass is 16.3. The van der Waals surface area contributed by atoms with Crippen LogP contribution in [0.4, 0.5) is 0 Å². The van der Waals surface area contributed by atoms with Gasteiger partial charge in [0, 0.05) is 10.8 Å². The first kappa shape index (κ1) is 10.1. The molecule has 9 rings (SSSR count). The Morgan fingerprint density at radius 2 is 0.778 bits per heavy atom. The van der Waals surface area contributed by atoms with Gasteiger partial charge in [-0.15, -0.1) is 0 Å². The second-order valence-electron chi connectivity index (χ2n) is 9.51. The minimum Gasteiger partial charge on any atom is -0.456 e. The number of rotatable bonds is 4. The Balaban J connectivity index is 1.66. The average molecular weight is 601 g/mol. The Kier molecular flexibility index (Phi) is 2.32. The molecule has 0 aliphatic rings. The van der Waals surface area contributed by atoms with Crippen LogP contribution in [0.1, 0.15) is 38.4 Å². The third-order valence-corrected chi connectivity index (χ3v) is 7.14. The van der Waals surface area contributed by atoms with E-state index in [2.05, 4.69) is 0 Å². The van der Waals surface area contributed by atoms with E-state index in [4.69, 9.17) is 31.8 Å². The van der Waals surface area contributed by atoms with E-state index in [1.54, 1.807) is 0 Å². The maximum atomic E-state index is 9.65. The lowest BCUT2D eigenvalue weighted by Gasteiger charge is -2.19. The fraction of sp³-hybridized carbons (Fsp3) is 0. The van der Waals surface area contributed by atoms with E-state index in [0.29, 0.717) is 0 Å². The van der Waals surface area contributed by atoms with E-state index >= 15 is 0 Å². The highest BCUT2D eigenvalue weighted by Crippen LogP contribution is 2.48. The fourth-order valence-corrected chi connectivity index (χ4v) is 5.35. The maximum absolute atomic E-state index is 9.65. The van der Waals surface area contributed by atoms with Crippen molar-refractivity contribution in [1.82, 2.24) is 0 Å². The summed E-state index contributed by atoms with van der Waals surface area (Å²) in [6.07, 6.45) is 0. The molecule has 0 aliphatic heterocycles. The molecular weight excluding hydrogens is 544 g/mol. The van der Waals surface area contributed by atoms with E-state index in [-0.39, 0.29) is 0 Å². The third-order valence-electron chi connectivity index (χ3n) is 7.14. The number of furan rings is 1. The fourth-order valence-electron chi connectivity index (χ4n) is 5.35. The Labute approximate surface area is 301 Å². The molecular formula is C44H28O. The van der Waals surface area contributed by atoms with Crippen molar-refractivity contribution < 1.29 is 42.8 Å². The van der Waals surface area contributed by atoms with Crippen LogP contribution in [0.2, 0.25) is 0 Å². The van der Waals surface area contributed by atoms with Crippen LogP contribution < -0.4 is 0 Å². The summed E-state index contributed by atoms with van der Waals surface area (Å²) in [4.78, 5) is 0. The molecule has 1 heteroatoms. The SMILES string of the molecule is [2H]c1c([2H])c([2H])c(-c2c([2H])c([2H])c([2H])c(-c3c4c([2H])c([2H])c([2H])c([2H])c4c(-c4c([2H])c([2H])c([2H])c5oc6c([2H])c([2H])c([2H])c(-c7c([2H])c([2H])c([2H])c([2H])c7[2H])c6c45)c4c([2H])c([2H])c([2H])c([2H])c34)c2[2H])c([2H])c1[2H]. The minimum atomic E-state index is -1.07. The predicted molar refractivity (Wildman–Crippen MR) is 190 cm³/mol. The highest BCUT2D eigenvalue weighted by Gasteiger charge is 2.21. The molecule has 0 spiro atoms. The highest BCUT2D eigenvalue weighted by molar-refractivity contribution is 6.27. The van der Waals surface area contributed by atoms with Crippen LogP contribution in [-0.4, -0.2) is 0 Å². The van der Waals surface area contributed by atoms with E-state index in [9.17, 15) is 11.0 Å². The zero-order chi connectivity index (χ0) is 54.1. The van der Waals surface area contributed by atoms with Crippen molar-refractivity contribution in [3.05, 3.63) is 169 Å². The van der Waals surface area contributed by atoms with Crippen molar-refractivity contribution in [2.45, 2.75) is 0 Å². The molecule has 45 heavy (non-hydrogen) atoms. The molecule has 1 heterocycles. The molecule has 0 fully saturated rings. The molecule has 0 saturated heterocycles. The van der Waals surface area contributed by atoms with Gasteiger partial charge in [0.1, 0.15) is 11.2 Å². The zero-order valence-corrected chi connectivity index (χ0v) is 22.4. The normalized spacial score (nSPS) is 20.3. The van der Waals surface area contributed by atoms with Gasteiger partial charge in [0.2, 0.25) is 0 Å². The van der Waals surface area contributed by atoms with Crippen LogP contribution in [-0.2, 0) is 0 Å². The second-order valence-corrected chi connectivity index (χ2v) is 9.51. The molecule has 1 aromatic heterocycles. The van der Waals surface area contributed by atoms with Crippen molar-refractivity contribution in [2.24, 2.45) is 0 Å². The van der Waals surface area contributed by atoms with Gasteiger partial charge >= 0.3 is 0 Å². The standard InChI is InChI=1S/C44H28O/c1-3-14-29(15-4-1)31-18-11-19-32(28-31)41-34-20-7-9-22-36(34)42(37-23-10-8-21-35(37)41)38-25-13-27-40-44(38)43-33(24-12-26-39(43)45-40)30-16-5-2-6-17-30/h1-28H/i1D,2D,3D,4D,5D,6D,7D,8D,9D,10D,11D,12D,13D,14D,15D,16D,17D,18D,19D,20D,21D,22D,23D,24D,25D,26D,27D,28D. The van der Waals surface area contributed by atoms with Crippen LogP contribution in [0.3, 0.4) is 0 Å². The van der Waals surface area contributed by atoms with Crippen molar-refractivity contribution in [3.8, 4) is 44.5 Å². The van der Waals surface area contributed by atoms with Gasteiger partial charge in [-0.25, -0.2) is 0 Å². The van der Waals surface area contributed by atoms with Gasteiger partial charge in [-0.2, -0.15) is 0 Å². The van der Waals surface area contributed by atoms with Crippen LogP contribution in [0, 0.1) is 0 Å². The summed E-state index contributed by atoms with van der Waals surface area (Å²) in [6, 6.07) is -27.4. The van der Waals surface area contributed by atoms with Gasteiger partial charge in [-0.1, -0.05) is 151 Å². The number of fused-ring (bicyclic) bond motifs is 5. The van der Waals surface area contributed by atoms with Gasteiger partial charge in [-0.3, -0.25) is 0 Å². The monoisotopic (exact) mass is 600 g/mol. The zero-order valence-electron chi connectivity index (χ0n) is 50.4. The second kappa shape index (κ2) is 10.4. The van der Waals surface area contributed by atoms with E-state index in [0.717, 1.165) is 0 Å². The van der Waals surface area contributed by atoms with Gasteiger partial charge in [0.25, 0.3) is 0 Å². The Morgan fingerprint density at radius 1 is 0.333 bits per heavy atom. The summed E-state index contributed by atoms with van der Waals surface area (Å²) in [6.45, 7) is 0. The molecule has 0 amide bonds. The first-order chi connectivity index (χ1) is 34.0. The molecule has 0 N–H and O–H groups in total. The van der Waals surface area contributed by atoms with Crippen molar-refractivity contribution in [3.63, 3.8) is 0 Å². The lowest BCUT2D eigenvalue weighted by molar-refractivity contribution is 0.669.